The summed E-state index contributed by atoms with van der Waals surface area (Å²) in [5, 5.41) is 26.5. The van der Waals surface area contributed by atoms with Gasteiger partial charge in [0.2, 0.25) is 5.91 Å². The molecule has 1 heterocycles. The number of carbonyl (C=O) groups is 2. The lowest BCUT2D eigenvalue weighted by atomic mass is 9.94. The van der Waals surface area contributed by atoms with E-state index in [0.717, 1.165) is 35.9 Å². The lowest BCUT2D eigenvalue weighted by Crippen LogP contribution is -2.59. The highest BCUT2D eigenvalue weighted by Crippen LogP contribution is 2.23. The first-order chi connectivity index (χ1) is 14.0. The number of carboxylic acid groups (broad SMARTS) is 1. The highest BCUT2D eigenvalue weighted by molar-refractivity contribution is 5.81. The second kappa shape index (κ2) is 10.2. The minimum absolute atomic E-state index is 0.0413. The summed E-state index contributed by atoms with van der Waals surface area (Å²) in [5.74, 6) is -1.71. The van der Waals surface area contributed by atoms with Crippen molar-refractivity contribution in [1.82, 2.24) is 15.5 Å². The van der Waals surface area contributed by atoms with Crippen molar-refractivity contribution in [3.05, 3.63) is 35.4 Å². The van der Waals surface area contributed by atoms with Crippen LogP contribution in [0.3, 0.4) is 0 Å². The van der Waals surface area contributed by atoms with Gasteiger partial charge < -0.3 is 20.8 Å². The number of aliphatic hydroxyl groups excluding tert-OH is 1. The molecule has 0 spiro atoms. The molecule has 0 radical (unpaired) electrons. The molecule has 30 heavy (non-hydrogen) atoms. The molecule has 4 N–H and O–H groups in total. The Hall–Kier alpha value is -2.26. The highest BCUT2D eigenvalue weighted by Gasteiger charge is 2.37. The van der Waals surface area contributed by atoms with Crippen molar-refractivity contribution in [1.29, 1.82) is 0 Å². The number of hydrogen-bond donors (Lipinski definition) is 4. The van der Waals surface area contributed by atoms with E-state index >= 15 is 0 Å². The van der Waals surface area contributed by atoms with Crippen LogP contribution in [0.15, 0.2) is 18.2 Å². The molecule has 0 saturated carbocycles. The molecule has 0 aliphatic carbocycles. The van der Waals surface area contributed by atoms with Gasteiger partial charge in [-0.1, -0.05) is 0 Å². The number of hydrogen-bond acceptors (Lipinski definition) is 4. The van der Waals surface area contributed by atoms with Crippen LogP contribution in [-0.4, -0.2) is 63.9 Å². The molecule has 2 amide bonds. The van der Waals surface area contributed by atoms with Crippen LogP contribution in [-0.2, 0) is 11.2 Å². The van der Waals surface area contributed by atoms with Crippen LogP contribution < -0.4 is 10.6 Å². The van der Waals surface area contributed by atoms with Gasteiger partial charge >= 0.3 is 6.09 Å². The van der Waals surface area contributed by atoms with E-state index < -0.39 is 41.5 Å². The zero-order chi connectivity index (χ0) is 22.5. The summed E-state index contributed by atoms with van der Waals surface area (Å²) in [5.41, 5.74) is -0.637. The molecule has 1 fully saturated rings. The average molecular weight is 427 g/mol. The summed E-state index contributed by atoms with van der Waals surface area (Å²) in [7, 11) is 0. The number of rotatable bonds is 7. The summed E-state index contributed by atoms with van der Waals surface area (Å²) in [6.45, 7) is 5.60. The van der Waals surface area contributed by atoms with Gasteiger partial charge in [0.15, 0.2) is 0 Å². The molecule has 1 saturated heterocycles. The van der Waals surface area contributed by atoms with Gasteiger partial charge in [-0.15, -0.1) is 0 Å². The third kappa shape index (κ3) is 6.63. The quantitative estimate of drug-likeness (QED) is 0.535. The molecular formula is C21H31F2N3O4. The maximum Gasteiger partial charge on any atom is 0.408 e. The highest BCUT2D eigenvalue weighted by atomic mass is 19.1. The van der Waals surface area contributed by atoms with Gasteiger partial charge in [-0.05, 0) is 64.2 Å². The van der Waals surface area contributed by atoms with E-state index in [9.17, 15) is 28.6 Å². The molecule has 0 aromatic heterocycles. The van der Waals surface area contributed by atoms with Crippen LogP contribution in [0.1, 0.15) is 45.6 Å². The molecule has 1 aromatic carbocycles. The van der Waals surface area contributed by atoms with Crippen LogP contribution in [0.2, 0.25) is 0 Å². The van der Waals surface area contributed by atoms with Crippen LogP contribution in [0.25, 0.3) is 0 Å². The lowest BCUT2D eigenvalue weighted by molar-refractivity contribution is -0.123. The summed E-state index contributed by atoms with van der Waals surface area (Å²) in [6, 6.07) is 1.52. The van der Waals surface area contributed by atoms with E-state index in [1.165, 1.54) is 0 Å². The van der Waals surface area contributed by atoms with Gasteiger partial charge in [-0.3, -0.25) is 9.69 Å². The fourth-order valence-corrected chi connectivity index (χ4v) is 3.83. The SMILES string of the molecule is CC(C)(C)N(C(=O)O)[C@@H](Cc1cc(F)cc(F)c1)[C@@H](O)CN[C@H]1CCCCNC1=O. The predicted molar refractivity (Wildman–Crippen MR) is 108 cm³/mol. The normalized spacial score (nSPS) is 19.5. The largest absolute Gasteiger partial charge is 0.465 e. The molecular weight excluding hydrogens is 396 g/mol. The minimum atomic E-state index is -1.25. The van der Waals surface area contributed by atoms with Gasteiger partial charge in [0, 0.05) is 24.7 Å². The Bertz CT molecular complexity index is 734. The fourth-order valence-electron chi connectivity index (χ4n) is 3.83. The van der Waals surface area contributed by atoms with Crippen LogP contribution in [0, 0.1) is 11.6 Å². The molecule has 3 atom stereocenters. The lowest BCUT2D eigenvalue weighted by Gasteiger charge is -2.42. The summed E-state index contributed by atoms with van der Waals surface area (Å²) in [6.07, 6.45) is -0.213. The van der Waals surface area contributed by atoms with Gasteiger partial charge in [-0.25, -0.2) is 13.6 Å². The Morgan fingerprint density at radius 3 is 2.47 bits per heavy atom. The average Bonchev–Trinajstić information content (AvgIpc) is 2.81. The fraction of sp³-hybridized carbons (Fsp3) is 0.619. The Morgan fingerprint density at radius 2 is 1.90 bits per heavy atom. The van der Waals surface area contributed by atoms with E-state index in [-0.39, 0.29) is 24.4 Å². The molecule has 7 nitrogen and oxygen atoms in total. The maximum absolute atomic E-state index is 13.7. The Balaban J connectivity index is 2.24. The second-order valence-electron chi connectivity index (χ2n) is 8.69. The first kappa shape index (κ1) is 24.0. The maximum atomic E-state index is 13.7. The molecule has 2 rings (SSSR count). The third-order valence-corrected chi connectivity index (χ3v) is 5.18. The van der Waals surface area contributed by atoms with E-state index in [2.05, 4.69) is 10.6 Å². The summed E-state index contributed by atoms with van der Waals surface area (Å²) >= 11 is 0. The molecule has 1 aromatic rings. The van der Waals surface area contributed by atoms with Crippen LogP contribution in [0.5, 0.6) is 0 Å². The number of halogens is 2. The number of aliphatic hydroxyl groups is 1. The number of amides is 2. The van der Waals surface area contributed by atoms with E-state index in [1.807, 2.05) is 0 Å². The van der Waals surface area contributed by atoms with Gasteiger partial charge in [0.25, 0.3) is 0 Å². The smallest absolute Gasteiger partial charge is 0.408 e. The van der Waals surface area contributed by atoms with Crippen molar-refractivity contribution >= 4 is 12.0 Å². The number of carbonyl (C=O) groups excluding carboxylic acids is 1. The number of nitrogens with one attached hydrogen (secondary N) is 2. The standard InChI is InChI=1S/C21H31F2N3O4/c1-21(2,3)26(20(29)30)17(10-13-8-14(22)11-15(23)9-13)18(27)12-25-16-6-4-5-7-24-19(16)28/h8-9,11,16-18,25,27H,4-7,10,12H2,1-3H3,(H,24,28)(H,29,30)/t16-,17-,18-/m0/s1. The summed E-state index contributed by atoms with van der Waals surface area (Å²) in [4.78, 5) is 25.2. The van der Waals surface area contributed by atoms with Gasteiger partial charge in [-0.2, -0.15) is 0 Å². The minimum Gasteiger partial charge on any atom is -0.465 e. The van der Waals surface area contributed by atoms with E-state index in [1.54, 1.807) is 20.8 Å². The van der Waals surface area contributed by atoms with Crippen molar-refractivity contribution in [2.75, 3.05) is 13.1 Å². The molecule has 168 valence electrons. The molecule has 1 aliphatic rings. The number of benzene rings is 1. The van der Waals surface area contributed by atoms with Crippen LogP contribution in [0.4, 0.5) is 13.6 Å². The van der Waals surface area contributed by atoms with Crippen molar-refractivity contribution in [3.63, 3.8) is 0 Å². The van der Waals surface area contributed by atoms with E-state index in [4.69, 9.17) is 0 Å². The van der Waals surface area contributed by atoms with Crippen LogP contribution >= 0.6 is 0 Å². The second-order valence-corrected chi connectivity index (χ2v) is 8.69. The first-order valence-corrected chi connectivity index (χ1v) is 10.2. The molecule has 1 aliphatic heterocycles. The van der Waals surface area contributed by atoms with Crippen molar-refractivity contribution in [2.45, 2.75) is 70.2 Å². The molecule has 0 bridgehead atoms. The van der Waals surface area contributed by atoms with Gasteiger partial charge in [0.05, 0.1) is 18.2 Å². The van der Waals surface area contributed by atoms with E-state index in [0.29, 0.717) is 13.0 Å². The van der Waals surface area contributed by atoms with Crippen molar-refractivity contribution in [2.24, 2.45) is 0 Å². The molecule has 0 unspecified atom stereocenters. The Kier molecular flexibility index (Phi) is 8.14. The first-order valence-electron chi connectivity index (χ1n) is 10.2. The van der Waals surface area contributed by atoms with Crippen molar-refractivity contribution < 1.29 is 28.6 Å². The summed E-state index contributed by atoms with van der Waals surface area (Å²) < 4.78 is 27.3. The number of nitrogens with zero attached hydrogens (tertiary/aromatic N) is 1. The molecule has 9 heteroatoms. The third-order valence-electron chi connectivity index (χ3n) is 5.18. The predicted octanol–water partition coefficient (Wildman–Crippen LogP) is 2.27. The Labute approximate surface area is 175 Å². The topological polar surface area (TPSA) is 102 Å². The van der Waals surface area contributed by atoms with Crippen molar-refractivity contribution in [3.8, 4) is 0 Å². The zero-order valence-corrected chi connectivity index (χ0v) is 17.6. The van der Waals surface area contributed by atoms with Gasteiger partial charge in [0.1, 0.15) is 11.6 Å². The zero-order valence-electron chi connectivity index (χ0n) is 17.6. The Morgan fingerprint density at radius 1 is 1.27 bits per heavy atom. The monoisotopic (exact) mass is 427 g/mol.